The SMILES string of the molecule is CC(C)(C)P(CC1=C(C(P)(C2CCNC2)C2CCNC2)C=C([Si](C)(C)C)C1[Si](C)(C)C)C(C)(C)C. The first-order valence-electron chi connectivity index (χ1n) is 14.2. The van der Waals surface area contributed by atoms with E-state index < -0.39 is 16.1 Å². The van der Waals surface area contributed by atoms with Crippen LogP contribution < -0.4 is 10.6 Å². The van der Waals surface area contributed by atoms with E-state index in [9.17, 15) is 0 Å². The molecule has 2 saturated heterocycles. The fourth-order valence-electron chi connectivity index (χ4n) is 7.44. The van der Waals surface area contributed by atoms with Crippen LogP contribution in [0.3, 0.4) is 0 Å². The summed E-state index contributed by atoms with van der Waals surface area (Å²) in [6.45, 7) is 35.6. The molecule has 2 aliphatic heterocycles. The van der Waals surface area contributed by atoms with Gasteiger partial charge in [0.05, 0.1) is 16.1 Å². The standard InChI is InChI=1S/C29H58N2P2Si2/c1-27(2,3)33(28(4,5)6)20-23-24(17-25(34(7,8)9)26(23)35(10,11)12)29(32,21-13-15-30-18-21)22-14-16-31-19-22/h17,21-22,26,30-31H,13-16,18-20,32H2,1-12H3. The van der Waals surface area contributed by atoms with E-state index in [0.717, 1.165) is 17.4 Å². The van der Waals surface area contributed by atoms with Gasteiger partial charge in [-0.2, -0.15) is 0 Å². The molecule has 4 unspecified atom stereocenters. The van der Waals surface area contributed by atoms with Gasteiger partial charge in [-0.1, -0.05) is 106 Å². The molecule has 0 radical (unpaired) electrons. The molecule has 2 N–H and O–H groups in total. The molecule has 35 heavy (non-hydrogen) atoms. The summed E-state index contributed by atoms with van der Waals surface area (Å²) in [5.74, 6) is 1.44. The van der Waals surface area contributed by atoms with Crippen LogP contribution in [-0.2, 0) is 0 Å². The molecule has 2 fully saturated rings. The number of hydrogen-bond acceptors (Lipinski definition) is 2. The molecule has 3 aliphatic rings. The predicted octanol–water partition coefficient (Wildman–Crippen LogP) is 7.72. The van der Waals surface area contributed by atoms with Crippen molar-refractivity contribution >= 4 is 33.3 Å². The monoisotopic (exact) mass is 552 g/mol. The van der Waals surface area contributed by atoms with E-state index in [-0.39, 0.29) is 13.1 Å². The minimum absolute atomic E-state index is 0.175. The highest BCUT2D eigenvalue weighted by Gasteiger charge is 2.52. The highest BCUT2D eigenvalue weighted by molar-refractivity contribution is 7.61. The normalized spacial score (nSPS) is 28.7. The van der Waals surface area contributed by atoms with Crippen LogP contribution in [0.25, 0.3) is 0 Å². The van der Waals surface area contributed by atoms with E-state index in [1.165, 1.54) is 45.2 Å². The highest BCUT2D eigenvalue weighted by Crippen LogP contribution is 2.65. The van der Waals surface area contributed by atoms with Gasteiger partial charge in [0.2, 0.25) is 0 Å². The summed E-state index contributed by atoms with van der Waals surface area (Å²) in [5, 5.41) is 10.3. The van der Waals surface area contributed by atoms with Crippen LogP contribution in [0.2, 0.25) is 44.8 Å². The zero-order valence-electron chi connectivity index (χ0n) is 25.3. The summed E-state index contributed by atoms with van der Waals surface area (Å²) in [6, 6.07) is 0. The van der Waals surface area contributed by atoms with E-state index in [1.54, 1.807) is 5.57 Å². The minimum atomic E-state index is -1.47. The second kappa shape index (κ2) is 10.3. The molecule has 0 amide bonds. The number of hydrogen-bond donors (Lipinski definition) is 2. The Morgan fingerprint density at radius 1 is 0.857 bits per heavy atom. The molecule has 3 rings (SSSR count). The Morgan fingerprint density at radius 2 is 1.31 bits per heavy atom. The highest BCUT2D eigenvalue weighted by atomic mass is 31.1. The van der Waals surface area contributed by atoms with Crippen molar-refractivity contribution in [1.82, 2.24) is 10.6 Å². The lowest BCUT2D eigenvalue weighted by Crippen LogP contribution is -2.44. The topological polar surface area (TPSA) is 24.1 Å². The predicted molar refractivity (Wildman–Crippen MR) is 171 cm³/mol. The first-order valence-corrected chi connectivity index (χ1v) is 23.4. The number of nitrogens with one attached hydrogen (secondary N) is 2. The molecule has 2 heterocycles. The van der Waals surface area contributed by atoms with Crippen LogP contribution in [0.15, 0.2) is 22.4 Å². The zero-order chi connectivity index (χ0) is 26.6. The minimum Gasteiger partial charge on any atom is -0.316 e. The number of allylic oxidation sites excluding steroid dienone is 4. The van der Waals surface area contributed by atoms with Gasteiger partial charge in [-0.05, 0) is 78.4 Å². The quantitative estimate of drug-likeness (QED) is 0.250. The fraction of sp³-hybridized carbons (Fsp3) is 0.862. The van der Waals surface area contributed by atoms with Gasteiger partial charge in [0.1, 0.15) is 0 Å². The molecule has 0 aromatic heterocycles. The molecule has 202 valence electrons. The average molecular weight is 553 g/mol. The van der Waals surface area contributed by atoms with Crippen LogP contribution in [0.5, 0.6) is 0 Å². The summed E-state index contributed by atoms with van der Waals surface area (Å²) in [4.78, 5) is 0. The van der Waals surface area contributed by atoms with Crippen molar-refractivity contribution in [2.45, 2.75) is 115 Å². The van der Waals surface area contributed by atoms with Crippen molar-refractivity contribution in [1.29, 1.82) is 0 Å². The van der Waals surface area contributed by atoms with Crippen LogP contribution in [0.4, 0.5) is 0 Å². The van der Waals surface area contributed by atoms with Crippen LogP contribution in [0, 0.1) is 11.8 Å². The van der Waals surface area contributed by atoms with Crippen LogP contribution in [0.1, 0.15) is 54.4 Å². The van der Waals surface area contributed by atoms with Crippen molar-refractivity contribution in [2.75, 3.05) is 32.3 Å². The third-order valence-electron chi connectivity index (χ3n) is 8.92. The lowest BCUT2D eigenvalue weighted by Gasteiger charge is -2.47. The van der Waals surface area contributed by atoms with Gasteiger partial charge in [-0.15, -0.1) is 9.24 Å². The molecule has 2 nitrogen and oxygen atoms in total. The molecule has 0 aromatic carbocycles. The molecule has 0 spiro atoms. The van der Waals surface area contributed by atoms with Gasteiger partial charge in [-0.25, -0.2) is 0 Å². The van der Waals surface area contributed by atoms with Crippen molar-refractivity contribution < 1.29 is 0 Å². The van der Waals surface area contributed by atoms with Crippen molar-refractivity contribution in [3.63, 3.8) is 0 Å². The summed E-state index contributed by atoms with van der Waals surface area (Å²) in [5.41, 5.74) is 4.41. The zero-order valence-corrected chi connectivity index (χ0v) is 29.3. The summed E-state index contributed by atoms with van der Waals surface area (Å²) in [7, 11) is 0.465. The van der Waals surface area contributed by atoms with Gasteiger partial charge >= 0.3 is 0 Å². The smallest absolute Gasteiger partial charge is 0.0728 e. The van der Waals surface area contributed by atoms with Crippen LogP contribution in [-0.4, -0.2) is 64.0 Å². The fourth-order valence-corrected chi connectivity index (χ4v) is 18.6. The van der Waals surface area contributed by atoms with Gasteiger partial charge in [0.15, 0.2) is 0 Å². The molecule has 1 aliphatic carbocycles. The Morgan fingerprint density at radius 3 is 1.63 bits per heavy atom. The Labute approximate surface area is 224 Å². The Balaban J connectivity index is 2.29. The number of rotatable bonds is 7. The molecule has 6 heteroatoms. The van der Waals surface area contributed by atoms with E-state index >= 15 is 0 Å². The van der Waals surface area contributed by atoms with Crippen LogP contribution >= 0.6 is 17.2 Å². The third-order valence-corrected chi connectivity index (χ3v) is 18.9. The lowest BCUT2D eigenvalue weighted by molar-refractivity contribution is 0.340. The summed E-state index contributed by atoms with van der Waals surface area (Å²) >= 11 is 0. The maximum Gasteiger partial charge on any atom is 0.0728 e. The Bertz CT molecular complexity index is 795. The van der Waals surface area contributed by atoms with E-state index in [2.05, 4.69) is 107 Å². The lowest BCUT2D eigenvalue weighted by atomic mass is 9.73. The van der Waals surface area contributed by atoms with Gasteiger partial charge in [0.25, 0.3) is 0 Å². The van der Waals surface area contributed by atoms with E-state index in [4.69, 9.17) is 0 Å². The molecular weight excluding hydrogens is 494 g/mol. The van der Waals surface area contributed by atoms with Gasteiger partial charge in [-0.3, -0.25) is 0 Å². The van der Waals surface area contributed by atoms with E-state index in [1.807, 2.05) is 10.8 Å². The summed E-state index contributed by atoms with van der Waals surface area (Å²) in [6.07, 6.45) is 6.80. The molecular formula is C29H58N2P2Si2. The third kappa shape index (κ3) is 6.30. The Kier molecular flexibility index (Phi) is 8.94. The maximum atomic E-state index is 3.76. The molecule has 0 saturated carbocycles. The first kappa shape index (κ1) is 30.2. The van der Waals surface area contributed by atoms with E-state index in [0.29, 0.717) is 10.3 Å². The summed E-state index contributed by atoms with van der Waals surface area (Å²) < 4.78 is 0. The molecule has 4 atom stereocenters. The van der Waals surface area contributed by atoms with Crippen molar-refractivity contribution in [3.05, 3.63) is 22.4 Å². The average Bonchev–Trinajstić information content (AvgIpc) is 3.43. The second-order valence-corrected chi connectivity index (χ2v) is 31.0. The van der Waals surface area contributed by atoms with Crippen molar-refractivity contribution in [2.24, 2.45) is 11.8 Å². The van der Waals surface area contributed by atoms with Crippen molar-refractivity contribution in [3.8, 4) is 0 Å². The maximum absolute atomic E-state index is 3.76. The largest absolute Gasteiger partial charge is 0.316 e. The Hall–Kier alpha value is 0.694. The second-order valence-electron chi connectivity index (χ2n) is 15.8. The molecule has 0 aromatic rings. The van der Waals surface area contributed by atoms with Gasteiger partial charge in [0, 0.05) is 5.16 Å². The van der Waals surface area contributed by atoms with Gasteiger partial charge < -0.3 is 10.6 Å². The molecule has 0 bridgehead atoms. The first-order chi connectivity index (χ1) is 15.8.